The van der Waals surface area contributed by atoms with E-state index in [1.54, 1.807) is 6.33 Å². The van der Waals surface area contributed by atoms with Crippen molar-refractivity contribution < 1.29 is 0 Å². The Labute approximate surface area is 84.3 Å². The van der Waals surface area contributed by atoms with Gasteiger partial charge in [0.15, 0.2) is 0 Å². The summed E-state index contributed by atoms with van der Waals surface area (Å²) < 4.78 is 2.72. The molecule has 0 radical (unpaired) electrons. The van der Waals surface area contributed by atoms with E-state index in [0.717, 1.165) is 16.0 Å². The van der Waals surface area contributed by atoms with Crippen molar-refractivity contribution in [2.24, 2.45) is 0 Å². The number of anilines is 1. The molecule has 0 saturated heterocycles. The summed E-state index contributed by atoms with van der Waals surface area (Å²) >= 11 is 3.28. The van der Waals surface area contributed by atoms with Crippen LogP contribution in [0.3, 0.4) is 0 Å². The van der Waals surface area contributed by atoms with Gasteiger partial charge in [-0.1, -0.05) is 6.07 Å². The Balaban J connectivity index is 2.46. The molecule has 0 bridgehead atoms. The van der Waals surface area contributed by atoms with Crippen LogP contribution >= 0.6 is 15.9 Å². The van der Waals surface area contributed by atoms with E-state index in [9.17, 15) is 0 Å². The molecule has 2 N–H and O–H groups in total. The van der Waals surface area contributed by atoms with Crippen LogP contribution in [0.2, 0.25) is 0 Å². The van der Waals surface area contributed by atoms with Crippen molar-refractivity contribution in [1.29, 1.82) is 0 Å². The summed E-state index contributed by atoms with van der Waals surface area (Å²) in [7, 11) is 0. The Bertz CT molecular complexity index is 422. The first-order valence-corrected chi connectivity index (χ1v) is 4.60. The second-order valence-electron chi connectivity index (χ2n) is 2.70. The fourth-order valence-electron chi connectivity index (χ4n) is 1.13. The zero-order valence-corrected chi connectivity index (χ0v) is 8.40. The second kappa shape index (κ2) is 3.22. The van der Waals surface area contributed by atoms with Crippen LogP contribution in [-0.2, 0) is 0 Å². The maximum absolute atomic E-state index is 5.66. The summed E-state index contributed by atoms with van der Waals surface area (Å²) in [5.41, 5.74) is 7.42. The van der Waals surface area contributed by atoms with E-state index in [2.05, 4.69) is 20.9 Å². The molecular weight excluding hydrogens is 230 g/mol. The third kappa shape index (κ3) is 1.72. The molecule has 0 atom stereocenters. The minimum absolute atomic E-state index is 0.752. The molecule has 2 aromatic rings. The molecule has 0 fully saturated rings. The van der Waals surface area contributed by atoms with Crippen molar-refractivity contribution in [2.75, 3.05) is 5.73 Å². The number of hydrogen-bond acceptors (Lipinski definition) is 2. The summed E-state index contributed by atoms with van der Waals surface area (Å²) in [6.45, 7) is 0. The maximum atomic E-state index is 5.66. The van der Waals surface area contributed by atoms with E-state index in [1.165, 1.54) is 0 Å². The van der Waals surface area contributed by atoms with Crippen LogP contribution in [0.25, 0.3) is 5.69 Å². The van der Waals surface area contributed by atoms with Gasteiger partial charge in [-0.3, -0.25) is 0 Å². The highest BCUT2D eigenvalue weighted by Gasteiger charge is 1.97. The zero-order valence-electron chi connectivity index (χ0n) is 6.81. The Morgan fingerprint density at radius 1 is 1.38 bits per heavy atom. The van der Waals surface area contributed by atoms with Gasteiger partial charge in [0.05, 0.1) is 0 Å². The van der Waals surface area contributed by atoms with Crippen LogP contribution in [0.1, 0.15) is 0 Å². The quantitative estimate of drug-likeness (QED) is 0.774. The molecule has 1 aromatic heterocycles. The van der Waals surface area contributed by atoms with Crippen molar-refractivity contribution in [3.8, 4) is 5.69 Å². The smallest absolute Gasteiger partial charge is 0.124 e. The van der Waals surface area contributed by atoms with Crippen molar-refractivity contribution in [3.05, 3.63) is 41.4 Å². The first kappa shape index (κ1) is 8.31. The predicted octanol–water partition coefficient (Wildman–Crippen LogP) is 2.22. The van der Waals surface area contributed by atoms with Crippen molar-refractivity contribution in [2.45, 2.75) is 0 Å². The fourth-order valence-corrected chi connectivity index (χ4v) is 1.44. The van der Waals surface area contributed by atoms with E-state index >= 15 is 0 Å². The maximum Gasteiger partial charge on any atom is 0.124 e. The Morgan fingerprint density at radius 3 is 2.85 bits per heavy atom. The van der Waals surface area contributed by atoms with Crippen molar-refractivity contribution >= 4 is 21.6 Å². The Hall–Kier alpha value is -1.29. The van der Waals surface area contributed by atoms with E-state index in [1.807, 2.05) is 35.0 Å². The normalized spacial score (nSPS) is 10.2. The molecule has 0 unspecified atom stereocenters. The van der Waals surface area contributed by atoms with Gasteiger partial charge < -0.3 is 10.3 Å². The van der Waals surface area contributed by atoms with Gasteiger partial charge in [-0.2, -0.15) is 0 Å². The molecule has 0 aliphatic rings. The van der Waals surface area contributed by atoms with E-state index < -0.39 is 0 Å². The highest BCUT2D eigenvalue weighted by molar-refractivity contribution is 9.10. The van der Waals surface area contributed by atoms with Gasteiger partial charge >= 0.3 is 0 Å². The van der Waals surface area contributed by atoms with E-state index in [-0.39, 0.29) is 0 Å². The Morgan fingerprint density at radius 2 is 2.23 bits per heavy atom. The summed E-state index contributed by atoms with van der Waals surface area (Å²) in [6, 6.07) is 7.65. The molecular formula is C9H8BrN3. The van der Waals surface area contributed by atoms with Crippen molar-refractivity contribution in [1.82, 2.24) is 9.55 Å². The monoisotopic (exact) mass is 237 g/mol. The lowest BCUT2D eigenvalue weighted by atomic mass is 10.3. The lowest BCUT2D eigenvalue weighted by Gasteiger charge is -2.01. The number of imidazole rings is 1. The number of nitrogens with two attached hydrogens (primary N) is 1. The molecule has 0 aliphatic heterocycles. The van der Waals surface area contributed by atoms with Crippen LogP contribution in [0.15, 0.2) is 41.4 Å². The Kier molecular flexibility index (Phi) is 2.06. The van der Waals surface area contributed by atoms with Gasteiger partial charge in [0, 0.05) is 17.6 Å². The van der Waals surface area contributed by atoms with Gasteiger partial charge in [0.2, 0.25) is 0 Å². The fraction of sp³-hybridized carbons (Fsp3) is 0. The van der Waals surface area contributed by atoms with Crippen LogP contribution in [0.5, 0.6) is 0 Å². The topological polar surface area (TPSA) is 43.8 Å². The van der Waals surface area contributed by atoms with Gasteiger partial charge in [-0.25, -0.2) is 4.98 Å². The number of aromatic nitrogens is 2. The van der Waals surface area contributed by atoms with Crippen LogP contribution in [0, 0.1) is 0 Å². The molecule has 1 aromatic carbocycles. The summed E-state index contributed by atoms with van der Waals surface area (Å²) in [5, 5.41) is 0. The molecule has 0 aliphatic carbocycles. The average molecular weight is 238 g/mol. The van der Waals surface area contributed by atoms with Crippen LogP contribution < -0.4 is 5.73 Å². The summed E-state index contributed by atoms with van der Waals surface area (Å²) in [6.07, 6.45) is 3.62. The molecule has 0 saturated carbocycles. The molecule has 1 heterocycles. The average Bonchev–Trinajstić information content (AvgIpc) is 2.52. The molecule has 2 rings (SSSR count). The number of halogens is 1. The number of hydrogen-bond donors (Lipinski definition) is 1. The molecule has 0 amide bonds. The van der Waals surface area contributed by atoms with E-state index in [4.69, 9.17) is 5.73 Å². The van der Waals surface area contributed by atoms with Crippen molar-refractivity contribution in [3.63, 3.8) is 0 Å². The first-order chi connectivity index (χ1) is 6.25. The third-order valence-corrected chi connectivity index (χ3v) is 2.13. The SMILES string of the molecule is Nc1cccc(-n2cnc(Br)c2)c1. The van der Waals surface area contributed by atoms with E-state index in [0.29, 0.717) is 0 Å². The van der Waals surface area contributed by atoms with Gasteiger partial charge in [0.1, 0.15) is 10.9 Å². The lowest BCUT2D eigenvalue weighted by molar-refractivity contribution is 1.06. The standard InChI is InChI=1S/C9H8BrN3/c10-9-5-13(6-12-9)8-3-1-2-7(11)4-8/h1-6H,11H2. The zero-order chi connectivity index (χ0) is 9.26. The predicted molar refractivity (Wildman–Crippen MR) is 55.7 cm³/mol. The molecule has 66 valence electrons. The van der Waals surface area contributed by atoms with Gasteiger partial charge in [-0.15, -0.1) is 0 Å². The summed E-state index contributed by atoms with van der Waals surface area (Å²) in [4.78, 5) is 4.06. The molecule has 3 nitrogen and oxygen atoms in total. The summed E-state index contributed by atoms with van der Waals surface area (Å²) in [5.74, 6) is 0. The second-order valence-corrected chi connectivity index (χ2v) is 3.51. The van der Waals surface area contributed by atoms with Crippen LogP contribution in [0.4, 0.5) is 5.69 Å². The van der Waals surface area contributed by atoms with Gasteiger partial charge in [-0.05, 0) is 34.1 Å². The minimum atomic E-state index is 0.752. The molecule has 0 spiro atoms. The lowest BCUT2D eigenvalue weighted by Crippen LogP contribution is -1.91. The third-order valence-electron chi connectivity index (χ3n) is 1.72. The molecule has 13 heavy (non-hydrogen) atoms. The molecule has 4 heteroatoms. The first-order valence-electron chi connectivity index (χ1n) is 3.81. The van der Waals surface area contributed by atoms with Gasteiger partial charge in [0.25, 0.3) is 0 Å². The number of rotatable bonds is 1. The number of nitrogen functional groups attached to an aromatic ring is 1. The minimum Gasteiger partial charge on any atom is -0.399 e. The number of nitrogens with zero attached hydrogens (tertiary/aromatic N) is 2. The highest BCUT2D eigenvalue weighted by atomic mass is 79.9. The highest BCUT2D eigenvalue weighted by Crippen LogP contribution is 2.14. The number of benzene rings is 1. The largest absolute Gasteiger partial charge is 0.399 e. The van der Waals surface area contributed by atoms with Crippen LogP contribution in [-0.4, -0.2) is 9.55 Å².